The van der Waals surface area contributed by atoms with E-state index in [1.807, 2.05) is 22.6 Å². The van der Waals surface area contributed by atoms with Crippen molar-refractivity contribution >= 4 is 28.6 Å². The Kier molecular flexibility index (Phi) is 3.36. The van der Waals surface area contributed by atoms with Crippen LogP contribution >= 0.6 is 22.6 Å². The molecule has 17 heavy (non-hydrogen) atoms. The number of halogens is 2. The average Bonchev–Trinajstić information content (AvgIpc) is 2.81. The third kappa shape index (κ3) is 2.43. The van der Waals surface area contributed by atoms with Crippen molar-refractivity contribution in [1.29, 1.82) is 0 Å². The number of carbonyl (C=O) groups is 1. The molecule has 0 amide bonds. The second-order valence-corrected chi connectivity index (χ2v) is 4.21. The van der Waals surface area contributed by atoms with Gasteiger partial charge in [-0.1, -0.05) is 5.16 Å². The van der Waals surface area contributed by atoms with E-state index in [9.17, 15) is 9.18 Å². The van der Waals surface area contributed by atoms with Gasteiger partial charge >= 0.3 is 11.9 Å². The number of esters is 1. The third-order valence-electron chi connectivity index (χ3n) is 1.96. The van der Waals surface area contributed by atoms with E-state index >= 15 is 0 Å². The molecule has 1 aromatic heterocycles. The summed E-state index contributed by atoms with van der Waals surface area (Å²) in [5, 5.41) is 3.57. The summed E-state index contributed by atoms with van der Waals surface area (Å²) in [5.41, 5.74) is 0.432. The first kappa shape index (κ1) is 12.0. The van der Waals surface area contributed by atoms with Crippen LogP contribution in [-0.4, -0.2) is 23.2 Å². The first-order valence-corrected chi connectivity index (χ1v) is 5.57. The minimum atomic E-state index is -0.727. The van der Waals surface area contributed by atoms with Crippen LogP contribution in [0.5, 0.6) is 0 Å². The zero-order valence-electron chi connectivity index (χ0n) is 8.61. The molecule has 0 aliphatic carbocycles. The highest BCUT2D eigenvalue weighted by atomic mass is 127. The lowest BCUT2D eigenvalue weighted by Crippen LogP contribution is -2.00. The molecule has 0 aliphatic heterocycles. The van der Waals surface area contributed by atoms with Crippen molar-refractivity contribution in [2.45, 2.75) is 0 Å². The van der Waals surface area contributed by atoms with Crippen LogP contribution in [0, 0.1) is 9.39 Å². The highest BCUT2D eigenvalue weighted by molar-refractivity contribution is 14.1. The van der Waals surface area contributed by atoms with Gasteiger partial charge in [0.15, 0.2) is 0 Å². The average molecular weight is 348 g/mol. The van der Waals surface area contributed by atoms with Gasteiger partial charge in [0, 0.05) is 9.13 Å². The number of benzene rings is 1. The quantitative estimate of drug-likeness (QED) is 0.615. The van der Waals surface area contributed by atoms with Crippen LogP contribution < -0.4 is 0 Å². The Morgan fingerprint density at radius 2 is 2.29 bits per heavy atom. The number of ether oxygens (including phenoxy) is 1. The number of rotatable bonds is 2. The molecule has 0 unspecified atom stereocenters. The Hall–Kier alpha value is -1.51. The number of methoxy groups -OCH3 is 1. The van der Waals surface area contributed by atoms with Gasteiger partial charge in [-0.2, -0.15) is 4.98 Å². The van der Waals surface area contributed by atoms with E-state index in [2.05, 4.69) is 19.4 Å². The summed E-state index contributed by atoms with van der Waals surface area (Å²) in [5.74, 6) is -1.23. The van der Waals surface area contributed by atoms with E-state index in [0.717, 1.165) is 0 Å². The summed E-state index contributed by atoms with van der Waals surface area (Å²) in [7, 11) is 1.21. The zero-order valence-corrected chi connectivity index (χ0v) is 10.8. The summed E-state index contributed by atoms with van der Waals surface area (Å²) in [4.78, 5) is 14.9. The van der Waals surface area contributed by atoms with Crippen LogP contribution in [-0.2, 0) is 4.74 Å². The molecule has 2 rings (SSSR count). The monoisotopic (exact) mass is 348 g/mol. The van der Waals surface area contributed by atoms with Gasteiger partial charge in [0.05, 0.1) is 7.11 Å². The van der Waals surface area contributed by atoms with Crippen LogP contribution in [0.4, 0.5) is 4.39 Å². The van der Waals surface area contributed by atoms with Crippen molar-refractivity contribution in [2.75, 3.05) is 7.11 Å². The summed E-state index contributed by atoms with van der Waals surface area (Å²) in [6, 6.07) is 4.49. The third-order valence-corrected chi connectivity index (χ3v) is 2.84. The fourth-order valence-electron chi connectivity index (χ4n) is 1.15. The molecule has 0 fully saturated rings. The highest BCUT2D eigenvalue weighted by Gasteiger charge is 2.16. The fraction of sp³-hybridized carbons (Fsp3) is 0.100. The van der Waals surface area contributed by atoms with Crippen LogP contribution in [0.1, 0.15) is 10.7 Å². The van der Waals surface area contributed by atoms with Gasteiger partial charge in [-0.05, 0) is 40.8 Å². The first-order valence-electron chi connectivity index (χ1n) is 4.49. The molecule has 0 saturated heterocycles. The van der Waals surface area contributed by atoms with Crippen molar-refractivity contribution in [2.24, 2.45) is 0 Å². The van der Waals surface area contributed by atoms with Gasteiger partial charge in [-0.25, -0.2) is 9.18 Å². The molecular weight excluding hydrogens is 342 g/mol. The van der Waals surface area contributed by atoms with Gasteiger partial charge in [0.1, 0.15) is 5.82 Å². The molecule has 0 N–H and O–H groups in total. The molecule has 0 aliphatic rings. The van der Waals surface area contributed by atoms with Crippen molar-refractivity contribution in [3.63, 3.8) is 0 Å². The predicted molar refractivity (Wildman–Crippen MR) is 63.7 cm³/mol. The second kappa shape index (κ2) is 4.78. The second-order valence-electron chi connectivity index (χ2n) is 3.04. The van der Waals surface area contributed by atoms with E-state index in [1.54, 1.807) is 12.1 Å². The normalized spacial score (nSPS) is 10.3. The lowest BCUT2D eigenvalue weighted by Gasteiger charge is -1.96. The predicted octanol–water partition coefficient (Wildman–Crippen LogP) is 2.27. The van der Waals surface area contributed by atoms with Crippen LogP contribution in [0.25, 0.3) is 11.4 Å². The van der Waals surface area contributed by atoms with Crippen LogP contribution in [0.3, 0.4) is 0 Å². The largest absolute Gasteiger partial charge is 0.462 e. The molecule has 88 valence electrons. The summed E-state index contributed by atoms with van der Waals surface area (Å²) < 4.78 is 22.9. The van der Waals surface area contributed by atoms with E-state index in [1.165, 1.54) is 13.2 Å². The minimum Gasteiger partial charge on any atom is -0.462 e. The summed E-state index contributed by atoms with van der Waals surface area (Å²) >= 11 is 1.87. The van der Waals surface area contributed by atoms with Crippen molar-refractivity contribution in [1.82, 2.24) is 10.1 Å². The van der Waals surface area contributed by atoms with Crippen LogP contribution in [0.2, 0.25) is 0 Å². The molecule has 5 nitrogen and oxygen atoms in total. The molecule has 0 radical (unpaired) electrons. The Bertz CT molecular complexity index is 570. The van der Waals surface area contributed by atoms with E-state index in [4.69, 9.17) is 0 Å². The number of carbonyl (C=O) groups excluding carboxylic acids is 1. The van der Waals surface area contributed by atoms with Gasteiger partial charge in [0.2, 0.25) is 5.82 Å². The Labute approximate surface area is 109 Å². The van der Waals surface area contributed by atoms with Crippen molar-refractivity contribution in [3.8, 4) is 11.4 Å². The number of nitrogens with zero attached hydrogens (tertiary/aromatic N) is 2. The van der Waals surface area contributed by atoms with Crippen molar-refractivity contribution < 1.29 is 18.4 Å². The van der Waals surface area contributed by atoms with E-state index in [-0.39, 0.29) is 17.5 Å². The number of hydrogen-bond donors (Lipinski definition) is 0. The highest BCUT2D eigenvalue weighted by Crippen LogP contribution is 2.20. The lowest BCUT2D eigenvalue weighted by atomic mass is 10.2. The van der Waals surface area contributed by atoms with Crippen molar-refractivity contribution in [3.05, 3.63) is 33.5 Å². The lowest BCUT2D eigenvalue weighted by molar-refractivity contribution is 0.0545. The number of aromatic nitrogens is 2. The number of hydrogen-bond acceptors (Lipinski definition) is 5. The molecule has 1 heterocycles. The summed E-state index contributed by atoms with van der Waals surface area (Å²) in [6.45, 7) is 0. The minimum absolute atomic E-state index is 0.140. The summed E-state index contributed by atoms with van der Waals surface area (Å²) in [6.07, 6.45) is 0. The molecule has 0 bridgehead atoms. The van der Waals surface area contributed by atoms with Gasteiger partial charge in [-0.15, -0.1) is 0 Å². The maximum absolute atomic E-state index is 13.3. The zero-order chi connectivity index (χ0) is 12.4. The smallest absolute Gasteiger partial charge is 0.397 e. The topological polar surface area (TPSA) is 65.2 Å². The van der Waals surface area contributed by atoms with Gasteiger partial charge in [0.25, 0.3) is 0 Å². The van der Waals surface area contributed by atoms with E-state index < -0.39 is 5.97 Å². The standard InChI is InChI=1S/C10H6FIN2O3/c1-16-10(15)9-13-8(14-17-9)5-2-3-7(12)6(11)4-5/h2-4H,1H3. The maximum Gasteiger partial charge on any atom is 0.397 e. The Balaban J connectivity index is 2.37. The molecule has 0 saturated carbocycles. The Morgan fingerprint density at radius 1 is 1.53 bits per heavy atom. The van der Waals surface area contributed by atoms with Gasteiger partial charge < -0.3 is 9.26 Å². The molecular formula is C10H6FIN2O3. The first-order chi connectivity index (χ1) is 8.11. The molecule has 0 spiro atoms. The molecule has 1 aromatic carbocycles. The maximum atomic E-state index is 13.3. The molecule has 0 atom stereocenters. The SMILES string of the molecule is COC(=O)c1nc(-c2ccc(I)c(F)c2)no1. The molecule has 2 aromatic rings. The van der Waals surface area contributed by atoms with Gasteiger partial charge in [-0.3, -0.25) is 0 Å². The van der Waals surface area contributed by atoms with E-state index in [0.29, 0.717) is 9.13 Å². The fourth-order valence-corrected chi connectivity index (χ4v) is 1.48. The molecule has 7 heteroatoms. The van der Waals surface area contributed by atoms with Crippen LogP contribution in [0.15, 0.2) is 22.7 Å². The Morgan fingerprint density at radius 3 is 2.94 bits per heavy atom.